The van der Waals surface area contributed by atoms with Gasteiger partial charge in [0.2, 0.25) is 10.0 Å². The number of sulfonamides is 1. The second-order valence-electron chi connectivity index (χ2n) is 6.54. The normalized spacial score (nSPS) is 13.0. The lowest BCUT2D eigenvalue weighted by Crippen LogP contribution is -2.26. The van der Waals surface area contributed by atoms with E-state index in [0.29, 0.717) is 12.0 Å². The summed E-state index contributed by atoms with van der Waals surface area (Å²) in [6.07, 6.45) is -0.430. The molecule has 5 heteroatoms. The Bertz CT molecular complexity index is 1020. The molecule has 26 heavy (non-hydrogen) atoms. The number of hydrogen-bond acceptors (Lipinski definition) is 3. The Balaban J connectivity index is 1.70. The fourth-order valence-corrected chi connectivity index (χ4v) is 4.48. The van der Waals surface area contributed by atoms with Gasteiger partial charge in [-0.3, -0.25) is 0 Å². The quantitative estimate of drug-likeness (QED) is 0.693. The summed E-state index contributed by atoms with van der Waals surface area (Å²) in [6.45, 7) is 3.88. The van der Waals surface area contributed by atoms with Crippen LogP contribution in [-0.2, 0) is 10.0 Å². The zero-order valence-corrected chi connectivity index (χ0v) is 15.8. The topological polar surface area (TPSA) is 66.4 Å². The fraction of sp³-hybridized carbons (Fsp3) is 0.238. The molecule has 136 valence electrons. The number of aliphatic hydroxyl groups is 1. The largest absolute Gasteiger partial charge is 0.388 e. The van der Waals surface area contributed by atoms with Crippen molar-refractivity contribution in [1.29, 1.82) is 0 Å². The van der Waals surface area contributed by atoms with E-state index in [4.69, 9.17) is 0 Å². The van der Waals surface area contributed by atoms with Crippen molar-refractivity contribution >= 4 is 20.8 Å². The van der Waals surface area contributed by atoms with E-state index in [1.54, 1.807) is 19.1 Å². The first-order chi connectivity index (χ1) is 12.4. The monoisotopic (exact) mass is 369 g/mol. The molecule has 0 saturated heterocycles. The zero-order chi connectivity index (χ0) is 18.7. The van der Waals surface area contributed by atoms with Gasteiger partial charge in [0.05, 0.1) is 11.0 Å². The van der Waals surface area contributed by atoms with Crippen molar-refractivity contribution in [2.45, 2.75) is 31.3 Å². The Morgan fingerprint density at radius 1 is 1.00 bits per heavy atom. The zero-order valence-electron chi connectivity index (χ0n) is 14.9. The highest BCUT2D eigenvalue weighted by Gasteiger charge is 2.18. The van der Waals surface area contributed by atoms with Gasteiger partial charge >= 0.3 is 0 Å². The molecule has 3 rings (SSSR count). The van der Waals surface area contributed by atoms with Crippen molar-refractivity contribution in [2.24, 2.45) is 0 Å². The molecule has 0 aromatic heterocycles. The Hall–Kier alpha value is -2.21. The van der Waals surface area contributed by atoms with E-state index in [2.05, 4.69) is 4.72 Å². The van der Waals surface area contributed by atoms with Crippen molar-refractivity contribution in [2.75, 3.05) is 6.54 Å². The molecule has 4 nitrogen and oxygen atoms in total. The number of benzene rings is 3. The molecular formula is C21H23NO3S. The summed E-state index contributed by atoms with van der Waals surface area (Å²) in [5, 5.41) is 12.6. The molecule has 2 N–H and O–H groups in total. The molecule has 0 spiro atoms. The van der Waals surface area contributed by atoms with Crippen molar-refractivity contribution in [3.8, 4) is 0 Å². The van der Waals surface area contributed by atoms with Gasteiger partial charge in [-0.2, -0.15) is 0 Å². The van der Waals surface area contributed by atoms with Crippen LogP contribution in [0, 0.1) is 13.8 Å². The van der Waals surface area contributed by atoms with Crippen LogP contribution in [0.2, 0.25) is 0 Å². The molecule has 0 fully saturated rings. The van der Waals surface area contributed by atoms with Gasteiger partial charge in [0.25, 0.3) is 0 Å². The van der Waals surface area contributed by atoms with Crippen LogP contribution in [0.1, 0.15) is 29.2 Å². The second kappa shape index (κ2) is 7.58. The average Bonchev–Trinajstić information content (AvgIpc) is 2.60. The van der Waals surface area contributed by atoms with Crippen LogP contribution in [0.15, 0.2) is 65.6 Å². The summed E-state index contributed by atoms with van der Waals surface area (Å²) in [7, 11) is -3.59. The predicted molar refractivity (Wildman–Crippen MR) is 105 cm³/mol. The third-order valence-electron chi connectivity index (χ3n) is 4.51. The van der Waals surface area contributed by atoms with Gasteiger partial charge < -0.3 is 5.11 Å². The molecule has 0 bridgehead atoms. The average molecular weight is 369 g/mol. The summed E-state index contributed by atoms with van der Waals surface area (Å²) in [6, 6.07) is 18.9. The fourth-order valence-electron chi connectivity index (χ4n) is 3.21. The summed E-state index contributed by atoms with van der Waals surface area (Å²) in [5.41, 5.74) is 2.55. The maximum atomic E-state index is 12.5. The van der Waals surface area contributed by atoms with Crippen LogP contribution in [0.4, 0.5) is 0 Å². The summed E-state index contributed by atoms with van der Waals surface area (Å²) < 4.78 is 27.6. The lowest BCUT2D eigenvalue weighted by atomic mass is 9.99. The van der Waals surface area contributed by atoms with Gasteiger partial charge in [-0.1, -0.05) is 60.2 Å². The number of aryl methyl sites for hydroxylation is 2. The highest BCUT2D eigenvalue weighted by atomic mass is 32.2. The van der Waals surface area contributed by atoms with Gasteiger partial charge in [-0.25, -0.2) is 13.1 Å². The molecule has 0 aliphatic carbocycles. The highest BCUT2D eigenvalue weighted by molar-refractivity contribution is 7.89. The van der Waals surface area contributed by atoms with E-state index in [0.717, 1.165) is 21.9 Å². The van der Waals surface area contributed by atoms with Gasteiger partial charge in [-0.15, -0.1) is 0 Å². The summed E-state index contributed by atoms with van der Waals surface area (Å²) >= 11 is 0. The second-order valence-corrected chi connectivity index (χ2v) is 8.27. The third-order valence-corrected chi connectivity index (χ3v) is 6.13. The first kappa shape index (κ1) is 18.6. The number of fused-ring (bicyclic) bond motifs is 1. The molecule has 0 radical (unpaired) electrons. The molecule has 0 aliphatic heterocycles. The predicted octanol–water partition coefficient (Wildman–Crippen LogP) is 3.86. The molecule has 1 unspecified atom stereocenters. The molecule has 0 saturated carbocycles. The van der Waals surface area contributed by atoms with Crippen LogP contribution in [-0.4, -0.2) is 20.1 Å². The molecular weight excluding hydrogens is 346 g/mol. The smallest absolute Gasteiger partial charge is 0.240 e. The van der Waals surface area contributed by atoms with Gasteiger partial charge in [0, 0.05) is 6.54 Å². The third kappa shape index (κ3) is 3.96. The van der Waals surface area contributed by atoms with Crippen LogP contribution in [0.5, 0.6) is 0 Å². The van der Waals surface area contributed by atoms with Crippen LogP contribution < -0.4 is 4.72 Å². The number of rotatable bonds is 6. The molecule has 1 atom stereocenters. The van der Waals surface area contributed by atoms with E-state index >= 15 is 0 Å². The minimum absolute atomic E-state index is 0.167. The van der Waals surface area contributed by atoms with Gasteiger partial charge in [0.1, 0.15) is 0 Å². The SMILES string of the molecule is Cc1ccc(S(=O)(=O)NCCC(O)c2cccc3ccccc23)c(C)c1. The van der Waals surface area contributed by atoms with E-state index in [-0.39, 0.29) is 11.4 Å². The number of hydrogen-bond donors (Lipinski definition) is 2. The van der Waals surface area contributed by atoms with Crippen LogP contribution in [0.3, 0.4) is 0 Å². The lowest BCUT2D eigenvalue weighted by Gasteiger charge is -2.15. The summed E-state index contributed by atoms with van der Waals surface area (Å²) in [4.78, 5) is 0.280. The summed E-state index contributed by atoms with van der Waals surface area (Å²) in [5.74, 6) is 0. The lowest BCUT2D eigenvalue weighted by molar-refractivity contribution is 0.170. The Morgan fingerprint density at radius 2 is 1.73 bits per heavy atom. The van der Waals surface area contributed by atoms with E-state index in [9.17, 15) is 13.5 Å². The molecule has 0 heterocycles. The minimum atomic E-state index is -3.59. The van der Waals surface area contributed by atoms with Crippen molar-refractivity contribution in [1.82, 2.24) is 4.72 Å². The Labute approximate surface area is 154 Å². The Morgan fingerprint density at radius 3 is 2.50 bits per heavy atom. The molecule has 0 aliphatic rings. The first-order valence-corrected chi connectivity index (χ1v) is 10.1. The number of nitrogens with one attached hydrogen (secondary N) is 1. The van der Waals surface area contributed by atoms with E-state index < -0.39 is 16.1 Å². The van der Waals surface area contributed by atoms with Gasteiger partial charge in [0.15, 0.2) is 0 Å². The van der Waals surface area contributed by atoms with Crippen LogP contribution in [0.25, 0.3) is 10.8 Å². The Kier molecular flexibility index (Phi) is 5.41. The maximum absolute atomic E-state index is 12.5. The van der Waals surface area contributed by atoms with Crippen LogP contribution >= 0.6 is 0 Å². The van der Waals surface area contributed by atoms with Crippen molar-refractivity contribution in [3.05, 3.63) is 77.4 Å². The standard InChI is InChI=1S/C21H23NO3S/c1-15-10-11-21(16(2)14-15)26(24,25)22-13-12-20(23)19-9-5-7-17-6-3-4-8-18(17)19/h3-11,14,20,22-23H,12-13H2,1-2H3. The minimum Gasteiger partial charge on any atom is -0.388 e. The highest BCUT2D eigenvalue weighted by Crippen LogP contribution is 2.26. The molecule has 0 amide bonds. The first-order valence-electron chi connectivity index (χ1n) is 8.61. The van der Waals surface area contributed by atoms with Gasteiger partial charge in [-0.05, 0) is 48.2 Å². The van der Waals surface area contributed by atoms with E-state index in [1.165, 1.54) is 0 Å². The number of aliphatic hydroxyl groups excluding tert-OH is 1. The molecule has 3 aromatic carbocycles. The maximum Gasteiger partial charge on any atom is 0.240 e. The van der Waals surface area contributed by atoms with Crippen molar-refractivity contribution < 1.29 is 13.5 Å². The molecule has 3 aromatic rings. The van der Waals surface area contributed by atoms with Crippen molar-refractivity contribution in [3.63, 3.8) is 0 Å². The van der Waals surface area contributed by atoms with E-state index in [1.807, 2.05) is 55.5 Å².